The third-order valence-corrected chi connectivity index (χ3v) is 4.82. The van der Waals surface area contributed by atoms with Gasteiger partial charge in [0, 0.05) is 24.3 Å². The first-order chi connectivity index (χ1) is 12.7. The largest absolute Gasteiger partial charge is 0.459 e. The minimum absolute atomic E-state index is 0.0116. The number of morpholine rings is 1. The summed E-state index contributed by atoms with van der Waals surface area (Å²) in [6.45, 7) is 1.31. The third kappa shape index (κ3) is 3.00. The van der Waals surface area contributed by atoms with Crippen LogP contribution in [0.3, 0.4) is 0 Å². The Labute approximate surface area is 150 Å². The molecule has 7 heteroatoms. The normalized spacial score (nSPS) is 19.7. The van der Waals surface area contributed by atoms with Gasteiger partial charge in [0.2, 0.25) is 5.91 Å². The number of furan rings is 1. The molecule has 26 heavy (non-hydrogen) atoms. The van der Waals surface area contributed by atoms with E-state index >= 15 is 0 Å². The van der Waals surface area contributed by atoms with Crippen molar-refractivity contribution in [2.24, 2.45) is 0 Å². The number of para-hydroxylation sites is 1. The number of carbonyl (C=O) groups is 2. The van der Waals surface area contributed by atoms with Gasteiger partial charge in [-0.05, 0) is 17.7 Å². The summed E-state index contributed by atoms with van der Waals surface area (Å²) in [5.74, 6) is 0.00460. The lowest BCUT2D eigenvalue weighted by molar-refractivity contribution is -0.117. The van der Waals surface area contributed by atoms with Crippen LogP contribution in [0.5, 0.6) is 0 Å². The van der Waals surface area contributed by atoms with E-state index in [4.69, 9.17) is 9.15 Å². The fourth-order valence-electron chi connectivity index (χ4n) is 3.47. The molecule has 2 aliphatic heterocycles. The number of aliphatic hydroxyl groups excluding tert-OH is 1. The molecule has 1 unspecified atom stereocenters. The van der Waals surface area contributed by atoms with Gasteiger partial charge in [-0.25, -0.2) is 0 Å². The maximum absolute atomic E-state index is 12.8. The molecule has 1 aromatic carbocycles. The van der Waals surface area contributed by atoms with Gasteiger partial charge in [-0.2, -0.15) is 0 Å². The molecule has 1 N–H and O–H groups in total. The second kappa shape index (κ2) is 6.93. The number of carbonyl (C=O) groups excluding carboxylic acids is 2. The molecule has 1 fully saturated rings. The summed E-state index contributed by atoms with van der Waals surface area (Å²) >= 11 is 0. The predicted molar refractivity (Wildman–Crippen MR) is 92.8 cm³/mol. The smallest absolute Gasteiger partial charge is 0.290 e. The van der Waals surface area contributed by atoms with Gasteiger partial charge in [0.25, 0.3) is 5.91 Å². The van der Waals surface area contributed by atoms with Crippen molar-refractivity contribution in [2.75, 3.05) is 31.2 Å². The highest BCUT2D eigenvalue weighted by Crippen LogP contribution is 2.30. The molecule has 0 aliphatic carbocycles. The Hall–Kier alpha value is -2.64. The van der Waals surface area contributed by atoms with Crippen molar-refractivity contribution in [3.63, 3.8) is 0 Å². The van der Waals surface area contributed by atoms with E-state index in [0.717, 1.165) is 11.3 Å². The summed E-state index contributed by atoms with van der Waals surface area (Å²) in [6, 6.07) is 9.39. The molecule has 1 atom stereocenters. The molecule has 0 saturated carbocycles. The average molecular weight is 356 g/mol. The molecule has 1 aromatic heterocycles. The number of anilines is 1. The molecule has 3 heterocycles. The Morgan fingerprint density at radius 2 is 2.12 bits per heavy atom. The van der Waals surface area contributed by atoms with E-state index in [1.54, 1.807) is 15.9 Å². The fraction of sp³-hybridized carbons (Fsp3) is 0.368. The molecule has 4 rings (SSSR count). The lowest BCUT2D eigenvalue weighted by Gasteiger charge is -2.31. The van der Waals surface area contributed by atoms with Crippen molar-refractivity contribution in [3.05, 3.63) is 53.5 Å². The first-order valence-electron chi connectivity index (χ1n) is 8.63. The standard InChI is InChI=1S/C19H20N2O5/c22-12-15-11-20(6-8-25-15)19(24)18-14(5-7-26-18)10-21-16-4-2-1-3-13(16)9-17(21)23/h1-5,7,15,22H,6,8-12H2. The number of fused-ring (bicyclic) bond motifs is 1. The minimum Gasteiger partial charge on any atom is -0.459 e. The number of hydrogen-bond donors (Lipinski definition) is 1. The van der Waals surface area contributed by atoms with Crippen LogP contribution in [0.15, 0.2) is 41.0 Å². The van der Waals surface area contributed by atoms with Gasteiger partial charge < -0.3 is 24.1 Å². The maximum Gasteiger partial charge on any atom is 0.290 e. The zero-order valence-electron chi connectivity index (χ0n) is 14.3. The molecule has 0 spiro atoms. The van der Waals surface area contributed by atoms with Gasteiger partial charge in [-0.3, -0.25) is 9.59 Å². The SMILES string of the molecule is O=C(c1occc1CN1C(=O)Cc2ccccc21)N1CCOC(CO)C1. The molecule has 7 nitrogen and oxygen atoms in total. The number of hydrogen-bond acceptors (Lipinski definition) is 5. The minimum atomic E-state index is -0.377. The van der Waals surface area contributed by atoms with Gasteiger partial charge in [0.1, 0.15) is 0 Å². The van der Waals surface area contributed by atoms with Crippen molar-refractivity contribution in [2.45, 2.75) is 19.1 Å². The number of amides is 2. The van der Waals surface area contributed by atoms with Crippen LogP contribution in [-0.2, 0) is 22.5 Å². The Kier molecular flexibility index (Phi) is 4.48. The van der Waals surface area contributed by atoms with E-state index in [1.165, 1.54) is 6.26 Å². The highest BCUT2D eigenvalue weighted by atomic mass is 16.5. The van der Waals surface area contributed by atoms with Crippen LogP contribution in [0.1, 0.15) is 21.7 Å². The van der Waals surface area contributed by atoms with E-state index in [9.17, 15) is 14.7 Å². The van der Waals surface area contributed by atoms with Crippen LogP contribution in [-0.4, -0.2) is 54.2 Å². The van der Waals surface area contributed by atoms with E-state index in [1.807, 2.05) is 24.3 Å². The number of benzene rings is 1. The van der Waals surface area contributed by atoms with Gasteiger partial charge in [-0.1, -0.05) is 18.2 Å². The molecular weight excluding hydrogens is 336 g/mol. The summed E-state index contributed by atoms with van der Waals surface area (Å²) in [5.41, 5.74) is 2.55. The van der Waals surface area contributed by atoms with Crippen molar-refractivity contribution < 1.29 is 23.8 Å². The lowest BCUT2D eigenvalue weighted by Crippen LogP contribution is -2.47. The number of ether oxygens (including phenoxy) is 1. The zero-order chi connectivity index (χ0) is 18.1. The maximum atomic E-state index is 12.8. The van der Waals surface area contributed by atoms with Crippen LogP contribution in [0.2, 0.25) is 0 Å². The highest BCUT2D eigenvalue weighted by Gasteiger charge is 2.31. The molecular formula is C19H20N2O5. The van der Waals surface area contributed by atoms with Crippen LogP contribution in [0.25, 0.3) is 0 Å². The zero-order valence-corrected chi connectivity index (χ0v) is 14.3. The summed E-state index contributed by atoms with van der Waals surface area (Å²) < 4.78 is 10.8. The van der Waals surface area contributed by atoms with Crippen molar-refractivity contribution in [3.8, 4) is 0 Å². The van der Waals surface area contributed by atoms with Gasteiger partial charge in [0.15, 0.2) is 5.76 Å². The molecule has 1 saturated heterocycles. The third-order valence-electron chi connectivity index (χ3n) is 4.82. The summed E-state index contributed by atoms with van der Waals surface area (Å²) in [6.07, 6.45) is 1.47. The first kappa shape index (κ1) is 16.8. The lowest BCUT2D eigenvalue weighted by atomic mass is 10.1. The molecule has 2 aromatic rings. The van der Waals surface area contributed by atoms with Crippen LogP contribution < -0.4 is 4.90 Å². The average Bonchev–Trinajstić information content (AvgIpc) is 3.26. The summed E-state index contributed by atoms with van der Waals surface area (Å²) in [5, 5.41) is 9.26. The summed E-state index contributed by atoms with van der Waals surface area (Å²) in [4.78, 5) is 28.5. The van der Waals surface area contributed by atoms with Gasteiger partial charge >= 0.3 is 0 Å². The first-order valence-corrected chi connectivity index (χ1v) is 8.63. The highest BCUT2D eigenvalue weighted by molar-refractivity contribution is 6.01. The van der Waals surface area contributed by atoms with Crippen LogP contribution in [0.4, 0.5) is 5.69 Å². The van der Waals surface area contributed by atoms with Crippen LogP contribution >= 0.6 is 0 Å². The van der Waals surface area contributed by atoms with E-state index in [-0.39, 0.29) is 30.3 Å². The molecule has 2 amide bonds. The fourth-order valence-corrected chi connectivity index (χ4v) is 3.47. The molecule has 0 bridgehead atoms. The monoisotopic (exact) mass is 356 g/mol. The van der Waals surface area contributed by atoms with Gasteiger partial charge in [0.05, 0.1) is 38.5 Å². The number of nitrogens with zero attached hydrogens (tertiary/aromatic N) is 2. The van der Waals surface area contributed by atoms with E-state index in [2.05, 4.69) is 0 Å². The second-order valence-corrected chi connectivity index (χ2v) is 6.49. The number of aliphatic hydroxyl groups is 1. The Bertz CT molecular complexity index is 831. The Morgan fingerprint density at radius 1 is 1.27 bits per heavy atom. The molecule has 2 aliphatic rings. The quantitative estimate of drug-likeness (QED) is 0.890. The second-order valence-electron chi connectivity index (χ2n) is 6.49. The van der Waals surface area contributed by atoms with Crippen molar-refractivity contribution in [1.29, 1.82) is 0 Å². The van der Waals surface area contributed by atoms with E-state index in [0.29, 0.717) is 38.2 Å². The molecule has 0 radical (unpaired) electrons. The Morgan fingerprint density at radius 3 is 2.96 bits per heavy atom. The van der Waals surface area contributed by atoms with Crippen LogP contribution in [0, 0.1) is 0 Å². The van der Waals surface area contributed by atoms with Crippen molar-refractivity contribution in [1.82, 2.24) is 4.90 Å². The Balaban J connectivity index is 1.54. The number of rotatable bonds is 4. The molecule has 136 valence electrons. The van der Waals surface area contributed by atoms with Crippen molar-refractivity contribution >= 4 is 17.5 Å². The van der Waals surface area contributed by atoms with E-state index < -0.39 is 0 Å². The predicted octanol–water partition coefficient (Wildman–Crippen LogP) is 1.20. The van der Waals surface area contributed by atoms with Gasteiger partial charge in [-0.15, -0.1) is 0 Å². The summed E-state index contributed by atoms with van der Waals surface area (Å²) in [7, 11) is 0. The topological polar surface area (TPSA) is 83.2 Å².